The van der Waals surface area contributed by atoms with Crippen molar-refractivity contribution in [3.63, 3.8) is 0 Å². The molecule has 16 heavy (non-hydrogen) atoms. The number of halogens is 2. The van der Waals surface area contributed by atoms with Crippen LogP contribution in [0, 0.1) is 11.3 Å². The number of nitriles is 1. The van der Waals surface area contributed by atoms with E-state index in [0.29, 0.717) is 10.0 Å². The lowest BCUT2D eigenvalue weighted by Gasteiger charge is -2.11. The van der Waals surface area contributed by atoms with Gasteiger partial charge in [0.2, 0.25) is 0 Å². The molecule has 0 aliphatic carbocycles. The first-order valence-corrected chi connectivity index (χ1v) is 7.30. The number of rotatable bonds is 3. The van der Waals surface area contributed by atoms with E-state index < -0.39 is 15.1 Å². The minimum Gasteiger partial charge on any atom is -0.223 e. The van der Waals surface area contributed by atoms with Crippen molar-refractivity contribution in [2.75, 3.05) is 5.88 Å². The molecule has 1 unspecified atom stereocenters. The summed E-state index contributed by atoms with van der Waals surface area (Å²) in [7, 11) is -3.43. The summed E-state index contributed by atoms with van der Waals surface area (Å²) >= 11 is 8.70. The molecule has 6 heteroatoms. The van der Waals surface area contributed by atoms with Crippen molar-refractivity contribution >= 4 is 37.4 Å². The maximum atomic E-state index is 12.0. The molecule has 86 valence electrons. The normalized spacial score (nSPS) is 13.1. The lowest BCUT2D eigenvalue weighted by molar-refractivity contribution is 0.587. The van der Waals surface area contributed by atoms with Crippen molar-refractivity contribution < 1.29 is 8.42 Å². The number of hydrogen-bond acceptors (Lipinski definition) is 3. The number of benzene rings is 1. The molecule has 0 bridgehead atoms. The second-order valence-corrected chi connectivity index (χ2v) is 6.76. The molecule has 0 aliphatic heterocycles. The van der Waals surface area contributed by atoms with Crippen LogP contribution in [-0.4, -0.2) is 19.5 Å². The third-order valence-corrected chi connectivity index (χ3v) is 5.87. The quantitative estimate of drug-likeness (QED) is 0.804. The monoisotopic (exact) mass is 321 g/mol. The van der Waals surface area contributed by atoms with Gasteiger partial charge in [0, 0.05) is 10.4 Å². The van der Waals surface area contributed by atoms with Gasteiger partial charge in [0.1, 0.15) is 0 Å². The zero-order valence-electron chi connectivity index (χ0n) is 8.44. The van der Waals surface area contributed by atoms with Crippen molar-refractivity contribution in [1.82, 2.24) is 0 Å². The van der Waals surface area contributed by atoms with Crippen molar-refractivity contribution in [2.45, 2.75) is 17.1 Å². The van der Waals surface area contributed by atoms with Gasteiger partial charge in [-0.2, -0.15) is 5.26 Å². The molecular weight excluding hydrogens is 314 g/mol. The molecule has 1 atom stereocenters. The van der Waals surface area contributed by atoms with E-state index >= 15 is 0 Å². The van der Waals surface area contributed by atoms with Gasteiger partial charge in [-0.15, -0.1) is 11.6 Å². The van der Waals surface area contributed by atoms with E-state index in [1.807, 2.05) is 6.07 Å². The van der Waals surface area contributed by atoms with Crippen molar-refractivity contribution in [2.24, 2.45) is 0 Å². The van der Waals surface area contributed by atoms with Crippen molar-refractivity contribution in [1.29, 1.82) is 5.26 Å². The number of alkyl halides is 1. The van der Waals surface area contributed by atoms with Crippen LogP contribution >= 0.6 is 27.5 Å². The Morgan fingerprint density at radius 2 is 2.19 bits per heavy atom. The molecule has 1 rings (SSSR count). The van der Waals surface area contributed by atoms with Crippen LogP contribution < -0.4 is 0 Å². The maximum Gasteiger partial charge on any atom is 0.183 e. The highest BCUT2D eigenvalue weighted by molar-refractivity contribution is 9.10. The summed E-state index contributed by atoms with van der Waals surface area (Å²) in [5.74, 6) is 0.0365. The van der Waals surface area contributed by atoms with Crippen LogP contribution in [0.1, 0.15) is 12.5 Å². The summed E-state index contributed by atoms with van der Waals surface area (Å²) in [6, 6.07) is 6.31. The van der Waals surface area contributed by atoms with E-state index in [2.05, 4.69) is 15.9 Å². The molecular formula is C10H9BrClNO2S. The topological polar surface area (TPSA) is 57.9 Å². The second kappa shape index (κ2) is 5.17. The van der Waals surface area contributed by atoms with Gasteiger partial charge in [0.05, 0.1) is 21.8 Å². The molecule has 0 N–H and O–H groups in total. The van der Waals surface area contributed by atoms with Gasteiger partial charge in [-0.1, -0.05) is 0 Å². The van der Waals surface area contributed by atoms with Crippen LogP contribution in [0.15, 0.2) is 27.6 Å². The first-order chi connectivity index (χ1) is 7.43. The minimum absolute atomic E-state index is 0.0365. The fourth-order valence-electron chi connectivity index (χ4n) is 1.10. The minimum atomic E-state index is -3.43. The Morgan fingerprint density at radius 3 is 2.62 bits per heavy atom. The predicted molar refractivity (Wildman–Crippen MR) is 66.2 cm³/mol. The molecule has 0 aliphatic rings. The summed E-state index contributed by atoms with van der Waals surface area (Å²) < 4.78 is 24.4. The molecule has 1 aromatic rings. The molecule has 1 aromatic carbocycles. The first kappa shape index (κ1) is 13.5. The Hall–Kier alpha value is -0.570. The Kier molecular flexibility index (Phi) is 4.36. The highest BCUT2D eigenvalue weighted by Crippen LogP contribution is 2.26. The van der Waals surface area contributed by atoms with Gasteiger partial charge < -0.3 is 0 Å². The molecule has 0 aromatic heterocycles. The smallest absolute Gasteiger partial charge is 0.183 e. The van der Waals surface area contributed by atoms with Crippen LogP contribution in [0.3, 0.4) is 0 Å². The van der Waals surface area contributed by atoms with Crippen LogP contribution in [0.25, 0.3) is 0 Å². The molecule has 0 heterocycles. The summed E-state index contributed by atoms with van der Waals surface area (Å²) in [5.41, 5.74) is 0.407. The first-order valence-electron chi connectivity index (χ1n) is 4.43. The van der Waals surface area contributed by atoms with E-state index in [1.54, 1.807) is 6.92 Å². The third-order valence-electron chi connectivity index (χ3n) is 2.11. The van der Waals surface area contributed by atoms with Crippen molar-refractivity contribution in [3.05, 3.63) is 28.2 Å². The zero-order valence-corrected chi connectivity index (χ0v) is 11.6. The molecule has 0 saturated heterocycles. The molecule has 0 saturated carbocycles. The van der Waals surface area contributed by atoms with Gasteiger partial charge >= 0.3 is 0 Å². The lowest BCUT2D eigenvalue weighted by Crippen LogP contribution is -2.19. The molecule has 0 radical (unpaired) electrons. The van der Waals surface area contributed by atoms with E-state index in [-0.39, 0.29) is 10.8 Å². The van der Waals surface area contributed by atoms with Gasteiger partial charge in [0.15, 0.2) is 9.84 Å². The summed E-state index contributed by atoms with van der Waals surface area (Å²) in [4.78, 5) is 0.166. The highest BCUT2D eigenvalue weighted by Gasteiger charge is 2.24. The SMILES string of the molecule is CC(CCl)S(=O)(=O)c1ccc(C#N)cc1Br. The molecule has 0 fully saturated rings. The number of nitrogens with zero attached hydrogens (tertiary/aromatic N) is 1. The van der Waals surface area contributed by atoms with Crippen molar-refractivity contribution in [3.8, 4) is 6.07 Å². The largest absolute Gasteiger partial charge is 0.223 e. The molecule has 3 nitrogen and oxygen atoms in total. The van der Waals surface area contributed by atoms with E-state index in [1.165, 1.54) is 18.2 Å². The third kappa shape index (κ3) is 2.57. The van der Waals surface area contributed by atoms with Gasteiger partial charge in [-0.3, -0.25) is 0 Å². The van der Waals surface area contributed by atoms with Gasteiger partial charge in [-0.05, 0) is 41.1 Å². The van der Waals surface area contributed by atoms with E-state index in [0.717, 1.165) is 0 Å². The van der Waals surface area contributed by atoms with Gasteiger partial charge in [0.25, 0.3) is 0 Å². The van der Waals surface area contributed by atoms with Crippen LogP contribution in [0.4, 0.5) is 0 Å². The summed E-state index contributed by atoms with van der Waals surface area (Å²) in [6.07, 6.45) is 0. The average molecular weight is 323 g/mol. The Morgan fingerprint density at radius 1 is 1.56 bits per heavy atom. The second-order valence-electron chi connectivity index (χ2n) is 3.27. The highest BCUT2D eigenvalue weighted by atomic mass is 79.9. The summed E-state index contributed by atoms with van der Waals surface area (Å²) in [6.45, 7) is 1.55. The van der Waals surface area contributed by atoms with Crippen LogP contribution in [0.5, 0.6) is 0 Å². The Bertz CT molecular complexity index is 536. The number of sulfone groups is 1. The average Bonchev–Trinajstić information content (AvgIpc) is 2.27. The fourth-order valence-corrected chi connectivity index (χ4v) is 3.84. The maximum absolute atomic E-state index is 12.0. The van der Waals surface area contributed by atoms with E-state index in [9.17, 15) is 8.42 Å². The Labute approximate surface area is 108 Å². The molecule has 0 spiro atoms. The standard InChI is InChI=1S/C10H9BrClNO2S/c1-7(5-12)16(14,15)10-3-2-8(6-13)4-9(10)11/h2-4,7H,5H2,1H3. The summed E-state index contributed by atoms with van der Waals surface area (Å²) in [5, 5.41) is 8.02. The lowest BCUT2D eigenvalue weighted by atomic mass is 10.2. The fraction of sp³-hybridized carbons (Fsp3) is 0.300. The Balaban J connectivity index is 3.31. The van der Waals surface area contributed by atoms with Gasteiger partial charge in [-0.25, -0.2) is 8.42 Å². The van der Waals surface area contributed by atoms with Crippen LogP contribution in [0.2, 0.25) is 0 Å². The zero-order chi connectivity index (χ0) is 12.3. The molecule has 0 amide bonds. The predicted octanol–water partition coefficient (Wildman–Crippen LogP) is 2.72. The van der Waals surface area contributed by atoms with Crippen LogP contribution in [-0.2, 0) is 9.84 Å². The number of hydrogen-bond donors (Lipinski definition) is 0. The van der Waals surface area contributed by atoms with E-state index in [4.69, 9.17) is 16.9 Å².